The lowest BCUT2D eigenvalue weighted by molar-refractivity contribution is -0.115. The number of hydrogen-bond acceptors (Lipinski definition) is 4. The van der Waals surface area contributed by atoms with E-state index in [1.807, 2.05) is 0 Å². The van der Waals surface area contributed by atoms with E-state index >= 15 is 0 Å². The third kappa shape index (κ3) is 3.49. The molecule has 4 rings (SSSR count). The van der Waals surface area contributed by atoms with Crippen molar-refractivity contribution in [2.75, 3.05) is 5.32 Å². The Kier molecular flexibility index (Phi) is 4.62. The maximum atomic E-state index is 13.1. The molecule has 2 aromatic heterocycles. The topological polar surface area (TPSA) is 92.2 Å². The molecule has 7 nitrogen and oxygen atoms in total. The van der Waals surface area contributed by atoms with Crippen molar-refractivity contribution in [3.8, 4) is 11.3 Å². The predicted molar refractivity (Wildman–Crippen MR) is 103 cm³/mol. The van der Waals surface area contributed by atoms with Gasteiger partial charge in [-0.3, -0.25) is 9.59 Å². The zero-order valence-corrected chi connectivity index (χ0v) is 15.1. The molecular weight excluding hydrogens is 385 g/mol. The fourth-order valence-corrected chi connectivity index (χ4v) is 2.92. The molecule has 0 saturated heterocycles. The van der Waals surface area contributed by atoms with Crippen molar-refractivity contribution in [2.45, 2.75) is 6.42 Å². The van der Waals surface area contributed by atoms with Crippen LogP contribution in [0.3, 0.4) is 0 Å². The van der Waals surface area contributed by atoms with Crippen LogP contribution in [0.4, 0.5) is 10.1 Å². The summed E-state index contributed by atoms with van der Waals surface area (Å²) in [5.74, 6) is -0.496. The lowest BCUT2D eigenvalue weighted by atomic mass is 10.1. The van der Waals surface area contributed by atoms with Crippen LogP contribution in [-0.2, 0) is 11.2 Å². The number of rotatable bonds is 4. The second-order valence-electron chi connectivity index (χ2n) is 6.01. The van der Waals surface area contributed by atoms with Crippen LogP contribution in [0.25, 0.3) is 16.8 Å². The van der Waals surface area contributed by atoms with Crippen molar-refractivity contribution < 1.29 is 9.18 Å². The first kappa shape index (κ1) is 17.9. The van der Waals surface area contributed by atoms with Gasteiger partial charge in [-0.15, -0.1) is 0 Å². The van der Waals surface area contributed by atoms with Crippen LogP contribution in [0, 0.1) is 5.82 Å². The molecule has 4 aromatic rings. The summed E-state index contributed by atoms with van der Waals surface area (Å²) < 4.78 is 14.5. The van der Waals surface area contributed by atoms with Crippen molar-refractivity contribution in [2.24, 2.45) is 0 Å². The minimum absolute atomic E-state index is 0.136. The van der Waals surface area contributed by atoms with Gasteiger partial charge in [0.15, 0.2) is 5.82 Å². The van der Waals surface area contributed by atoms with Gasteiger partial charge in [0.1, 0.15) is 11.3 Å². The first-order valence-corrected chi connectivity index (χ1v) is 8.67. The molecule has 0 bridgehead atoms. The minimum atomic E-state index is -0.448. The van der Waals surface area contributed by atoms with Crippen LogP contribution >= 0.6 is 11.6 Å². The van der Waals surface area contributed by atoms with Gasteiger partial charge in [0, 0.05) is 5.56 Å². The number of aromatic nitrogens is 4. The van der Waals surface area contributed by atoms with Crippen LogP contribution in [0.1, 0.15) is 5.82 Å². The Morgan fingerprint density at radius 3 is 2.68 bits per heavy atom. The van der Waals surface area contributed by atoms with Crippen molar-refractivity contribution >= 4 is 28.7 Å². The van der Waals surface area contributed by atoms with Crippen molar-refractivity contribution in [3.63, 3.8) is 0 Å². The normalized spacial score (nSPS) is 10.9. The first-order valence-electron chi connectivity index (χ1n) is 8.29. The Hall–Kier alpha value is -3.52. The Balaban J connectivity index is 1.66. The van der Waals surface area contributed by atoms with E-state index < -0.39 is 5.56 Å². The lowest BCUT2D eigenvalue weighted by Gasteiger charge is -2.07. The van der Waals surface area contributed by atoms with Gasteiger partial charge in [-0.05, 0) is 42.5 Å². The van der Waals surface area contributed by atoms with Crippen LogP contribution in [0.5, 0.6) is 0 Å². The number of fused-ring (bicyclic) bond motifs is 1. The number of nitrogens with zero attached hydrogens (tertiary/aromatic N) is 3. The Morgan fingerprint density at radius 2 is 1.93 bits per heavy atom. The van der Waals surface area contributed by atoms with E-state index in [4.69, 9.17) is 11.6 Å². The molecule has 0 aliphatic heterocycles. The molecule has 0 atom stereocenters. The molecule has 0 fully saturated rings. The molecule has 2 heterocycles. The van der Waals surface area contributed by atoms with Crippen LogP contribution in [0.15, 0.2) is 59.4 Å². The second kappa shape index (κ2) is 7.24. The fourth-order valence-electron chi connectivity index (χ4n) is 2.74. The highest BCUT2D eigenvalue weighted by molar-refractivity contribution is 6.33. The van der Waals surface area contributed by atoms with Gasteiger partial charge in [0.2, 0.25) is 5.91 Å². The number of nitrogens with one attached hydrogen (secondary N) is 2. The molecule has 0 aliphatic carbocycles. The number of halogens is 2. The van der Waals surface area contributed by atoms with E-state index in [0.717, 1.165) is 0 Å². The summed E-state index contributed by atoms with van der Waals surface area (Å²) in [7, 11) is 0. The number of benzene rings is 2. The quantitative estimate of drug-likeness (QED) is 0.553. The maximum absolute atomic E-state index is 13.1. The van der Waals surface area contributed by atoms with E-state index in [1.165, 1.54) is 16.6 Å². The molecule has 2 N–H and O–H groups in total. The van der Waals surface area contributed by atoms with Gasteiger partial charge >= 0.3 is 0 Å². The van der Waals surface area contributed by atoms with Gasteiger partial charge in [-0.1, -0.05) is 23.7 Å². The molecular formula is C19H13ClFN5O2. The molecule has 2 aromatic carbocycles. The predicted octanol–water partition coefficient (Wildman–Crippen LogP) is 3.06. The number of amides is 1. The van der Waals surface area contributed by atoms with Crippen molar-refractivity contribution in [1.29, 1.82) is 0 Å². The SMILES string of the molecule is O=C(Cc1n[nH]c(=O)c2cc(-c3ccc(F)cc3)nn12)Nc1ccccc1Cl. The number of carbonyl (C=O) groups is 1. The number of carbonyl (C=O) groups excluding carboxylic acids is 1. The van der Waals surface area contributed by atoms with Crippen LogP contribution in [0.2, 0.25) is 5.02 Å². The zero-order chi connectivity index (χ0) is 19.7. The molecule has 0 radical (unpaired) electrons. The van der Waals surface area contributed by atoms with Gasteiger partial charge < -0.3 is 5.32 Å². The number of H-pyrrole nitrogens is 1. The van der Waals surface area contributed by atoms with Gasteiger partial charge in [-0.2, -0.15) is 10.2 Å². The summed E-state index contributed by atoms with van der Waals surface area (Å²) in [5.41, 5.74) is 1.36. The molecule has 140 valence electrons. The Bertz CT molecular complexity index is 1230. The van der Waals surface area contributed by atoms with Crippen LogP contribution in [-0.4, -0.2) is 25.7 Å². The standard InChI is InChI=1S/C19H13ClFN5O2/c20-13-3-1-2-4-14(13)22-18(27)10-17-23-24-19(28)16-9-15(25-26(16)17)11-5-7-12(21)8-6-11/h1-9H,10H2,(H,22,27)(H,24,28). The highest BCUT2D eigenvalue weighted by atomic mass is 35.5. The Morgan fingerprint density at radius 1 is 1.18 bits per heavy atom. The summed E-state index contributed by atoms with van der Waals surface area (Å²) in [5, 5.41) is 13.8. The average molecular weight is 398 g/mol. The van der Waals surface area contributed by atoms with Gasteiger partial charge in [0.25, 0.3) is 5.56 Å². The van der Waals surface area contributed by atoms with E-state index in [-0.39, 0.29) is 29.5 Å². The highest BCUT2D eigenvalue weighted by Gasteiger charge is 2.15. The monoisotopic (exact) mass is 397 g/mol. The zero-order valence-electron chi connectivity index (χ0n) is 14.3. The molecule has 28 heavy (non-hydrogen) atoms. The third-order valence-corrected chi connectivity index (χ3v) is 4.41. The molecule has 1 amide bonds. The first-order chi connectivity index (χ1) is 13.5. The van der Waals surface area contributed by atoms with Crippen molar-refractivity contribution in [3.05, 3.63) is 81.6 Å². The van der Waals surface area contributed by atoms with Gasteiger partial charge in [-0.25, -0.2) is 14.0 Å². The lowest BCUT2D eigenvalue weighted by Crippen LogP contribution is -2.22. The minimum Gasteiger partial charge on any atom is -0.324 e. The average Bonchev–Trinajstić information content (AvgIpc) is 3.13. The summed E-state index contributed by atoms with van der Waals surface area (Å²) in [6.07, 6.45) is -0.136. The molecule has 0 spiro atoms. The number of hydrogen-bond donors (Lipinski definition) is 2. The number of anilines is 1. The van der Waals surface area contributed by atoms with Crippen molar-refractivity contribution in [1.82, 2.24) is 19.8 Å². The molecule has 9 heteroatoms. The summed E-state index contributed by atoms with van der Waals surface area (Å²) in [4.78, 5) is 24.5. The van der Waals surface area contributed by atoms with E-state index in [0.29, 0.717) is 22.0 Å². The highest BCUT2D eigenvalue weighted by Crippen LogP contribution is 2.21. The Labute approximate surface area is 162 Å². The molecule has 0 saturated carbocycles. The number of para-hydroxylation sites is 1. The summed E-state index contributed by atoms with van der Waals surface area (Å²) >= 11 is 6.05. The maximum Gasteiger partial charge on any atom is 0.290 e. The van der Waals surface area contributed by atoms with Crippen LogP contribution < -0.4 is 10.9 Å². The number of aromatic amines is 1. The summed E-state index contributed by atoms with van der Waals surface area (Å²) in [6.45, 7) is 0. The van der Waals surface area contributed by atoms with E-state index in [1.54, 1.807) is 42.5 Å². The van der Waals surface area contributed by atoms with E-state index in [9.17, 15) is 14.0 Å². The second-order valence-corrected chi connectivity index (χ2v) is 6.41. The summed E-state index contributed by atoms with van der Waals surface area (Å²) in [6, 6.07) is 14.1. The molecule has 0 aliphatic rings. The largest absolute Gasteiger partial charge is 0.324 e. The smallest absolute Gasteiger partial charge is 0.290 e. The fraction of sp³-hybridized carbons (Fsp3) is 0.0526. The van der Waals surface area contributed by atoms with E-state index in [2.05, 4.69) is 20.6 Å². The molecule has 0 unspecified atom stereocenters. The van der Waals surface area contributed by atoms with Gasteiger partial charge in [0.05, 0.1) is 22.8 Å². The third-order valence-electron chi connectivity index (χ3n) is 4.08.